The molecule has 64 valence electrons. The predicted molar refractivity (Wildman–Crippen MR) is 37.2 cm³/mol. The third-order valence-corrected chi connectivity index (χ3v) is 1.90. The number of carboxylic acid groups (broad SMARTS) is 1. The molecule has 0 aromatic carbocycles. The number of aliphatic carboxylic acids is 1. The molecule has 1 fully saturated rings. The Morgan fingerprint density at radius 3 is 2.91 bits per heavy atom. The molecule has 0 saturated carbocycles. The van der Waals surface area contributed by atoms with Crippen molar-refractivity contribution in [1.82, 2.24) is 0 Å². The van der Waals surface area contributed by atoms with Crippen LogP contribution in [0.1, 0.15) is 12.8 Å². The SMILES string of the molecule is O=C(O)C[C@H]1CCOC[C@@H]1O. The highest BCUT2D eigenvalue weighted by Crippen LogP contribution is 2.18. The molecule has 1 aliphatic rings. The Labute approximate surface area is 64.8 Å². The topological polar surface area (TPSA) is 66.8 Å². The van der Waals surface area contributed by atoms with Crippen LogP contribution in [0, 0.1) is 5.92 Å². The summed E-state index contributed by atoms with van der Waals surface area (Å²) in [7, 11) is 0. The second-order valence-corrected chi connectivity index (χ2v) is 2.79. The Hall–Kier alpha value is -0.610. The van der Waals surface area contributed by atoms with Crippen molar-refractivity contribution in [3.05, 3.63) is 0 Å². The quantitative estimate of drug-likeness (QED) is 0.590. The molecule has 0 unspecified atom stereocenters. The number of aliphatic hydroxyl groups excluding tert-OH is 1. The van der Waals surface area contributed by atoms with Gasteiger partial charge in [-0.25, -0.2) is 0 Å². The minimum Gasteiger partial charge on any atom is -0.481 e. The van der Waals surface area contributed by atoms with Gasteiger partial charge in [0.15, 0.2) is 0 Å². The van der Waals surface area contributed by atoms with E-state index in [0.29, 0.717) is 13.0 Å². The van der Waals surface area contributed by atoms with E-state index in [1.54, 1.807) is 0 Å². The van der Waals surface area contributed by atoms with Crippen molar-refractivity contribution in [2.75, 3.05) is 13.2 Å². The average Bonchev–Trinajstić information content (AvgIpc) is 1.93. The van der Waals surface area contributed by atoms with Crippen molar-refractivity contribution >= 4 is 5.97 Å². The zero-order valence-corrected chi connectivity index (χ0v) is 6.19. The van der Waals surface area contributed by atoms with Crippen molar-refractivity contribution in [2.45, 2.75) is 18.9 Å². The van der Waals surface area contributed by atoms with Crippen LogP contribution in [0.5, 0.6) is 0 Å². The maximum Gasteiger partial charge on any atom is 0.303 e. The van der Waals surface area contributed by atoms with Gasteiger partial charge in [0.2, 0.25) is 0 Å². The van der Waals surface area contributed by atoms with Crippen LogP contribution in [-0.4, -0.2) is 35.5 Å². The lowest BCUT2D eigenvalue weighted by molar-refractivity contribution is -0.141. The van der Waals surface area contributed by atoms with Crippen molar-refractivity contribution in [3.8, 4) is 0 Å². The van der Waals surface area contributed by atoms with Gasteiger partial charge in [-0.15, -0.1) is 0 Å². The number of aliphatic hydroxyl groups is 1. The molecule has 2 N–H and O–H groups in total. The number of carbonyl (C=O) groups is 1. The molecule has 0 spiro atoms. The average molecular weight is 160 g/mol. The van der Waals surface area contributed by atoms with E-state index in [4.69, 9.17) is 9.84 Å². The molecule has 4 heteroatoms. The molecule has 0 aromatic heterocycles. The van der Waals surface area contributed by atoms with Gasteiger partial charge in [0.05, 0.1) is 19.1 Å². The van der Waals surface area contributed by atoms with Crippen LogP contribution in [0.3, 0.4) is 0 Å². The zero-order valence-electron chi connectivity index (χ0n) is 6.19. The molecule has 0 bridgehead atoms. The number of hydrogen-bond acceptors (Lipinski definition) is 3. The molecule has 1 aliphatic heterocycles. The second-order valence-electron chi connectivity index (χ2n) is 2.79. The van der Waals surface area contributed by atoms with Crippen LogP contribution < -0.4 is 0 Å². The summed E-state index contributed by atoms with van der Waals surface area (Å²) in [4.78, 5) is 10.3. The van der Waals surface area contributed by atoms with E-state index in [9.17, 15) is 9.90 Å². The van der Waals surface area contributed by atoms with Gasteiger partial charge in [0, 0.05) is 6.61 Å². The molecule has 0 aromatic rings. The van der Waals surface area contributed by atoms with Crippen LogP contribution in [0.15, 0.2) is 0 Å². The highest BCUT2D eigenvalue weighted by molar-refractivity contribution is 5.67. The minimum atomic E-state index is -0.851. The first-order chi connectivity index (χ1) is 5.20. The van der Waals surface area contributed by atoms with Crippen LogP contribution in [0.25, 0.3) is 0 Å². The molecule has 4 nitrogen and oxygen atoms in total. The lowest BCUT2D eigenvalue weighted by atomic mass is 9.94. The number of hydrogen-bond donors (Lipinski definition) is 2. The van der Waals surface area contributed by atoms with Gasteiger partial charge in [0.25, 0.3) is 0 Å². The van der Waals surface area contributed by atoms with Crippen molar-refractivity contribution in [2.24, 2.45) is 5.92 Å². The summed E-state index contributed by atoms with van der Waals surface area (Å²) in [6.07, 6.45) is 0.0951. The van der Waals surface area contributed by atoms with Crippen LogP contribution >= 0.6 is 0 Å². The van der Waals surface area contributed by atoms with Crippen LogP contribution in [0.4, 0.5) is 0 Å². The molecule has 1 rings (SSSR count). The molecular weight excluding hydrogens is 148 g/mol. The first kappa shape index (κ1) is 8.49. The number of ether oxygens (including phenoxy) is 1. The Kier molecular flexibility index (Phi) is 2.84. The fourth-order valence-electron chi connectivity index (χ4n) is 1.23. The Morgan fingerprint density at radius 1 is 1.64 bits per heavy atom. The Morgan fingerprint density at radius 2 is 2.36 bits per heavy atom. The van der Waals surface area contributed by atoms with Gasteiger partial charge < -0.3 is 14.9 Å². The highest BCUT2D eigenvalue weighted by Gasteiger charge is 2.25. The van der Waals surface area contributed by atoms with Crippen molar-refractivity contribution in [3.63, 3.8) is 0 Å². The fraction of sp³-hybridized carbons (Fsp3) is 0.857. The third kappa shape index (κ3) is 2.48. The molecular formula is C7H12O4. The zero-order chi connectivity index (χ0) is 8.27. The first-order valence-electron chi connectivity index (χ1n) is 3.67. The van der Waals surface area contributed by atoms with Crippen LogP contribution in [-0.2, 0) is 9.53 Å². The maximum absolute atomic E-state index is 10.3. The van der Waals surface area contributed by atoms with E-state index in [1.165, 1.54) is 0 Å². The Bertz CT molecular complexity index is 145. The third-order valence-electron chi connectivity index (χ3n) is 1.90. The summed E-state index contributed by atoms with van der Waals surface area (Å²) in [6, 6.07) is 0. The largest absolute Gasteiger partial charge is 0.481 e. The van der Waals surface area contributed by atoms with Crippen molar-refractivity contribution in [1.29, 1.82) is 0 Å². The van der Waals surface area contributed by atoms with Gasteiger partial charge in [-0.1, -0.05) is 0 Å². The van der Waals surface area contributed by atoms with Crippen molar-refractivity contribution < 1.29 is 19.7 Å². The van der Waals surface area contributed by atoms with E-state index < -0.39 is 12.1 Å². The van der Waals surface area contributed by atoms with Crippen LogP contribution in [0.2, 0.25) is 0 Å². The summed E-state index contributed by atoms with van der Waals surface area (Å²) in [6.45, 7) is 0.840. The molecule has 1 saturated heterocycles. The fourth-order valence-corrected chi connectivity index (χ4v) is 1.23. The number of rotatable bonds is 2. The Balaban J connectivity index is 2.35. The lowest BCUT2D eigenvalue weighted by Crippen LogP contribution is -2.33. The second kappa shape index (κ2) is 3.69. The van der Waals surface area contributed by atoms with Gasteiger partial charge in [-0.2, -0.15) is 0 Å². The van der Waals surface area contributed by atoms with Gasteiger partial charge >= 0.3 is 5.97 Å². The van der Waals surface area contributed by atoms with Gasteiger partial charge in [-0.3, -0.25) is 4.79 Å². The monoisotopic (exact) mass is 160 g/mol. The molecule has 2 atom stereocenters. The molecule has 0 amide bonds. The van der Waals surface area contributed by atoms with Gasteiger partial charge in [-0.05, 0) is 12.3 Å². The number of carboxylic acids is 1. The van der Waals surface area contributed by atoms with E-state index >= 15 is 0 Å². The maximum atomic E-state index is 10.3. The highest BCUT2D eigenvalue weighted by atomic mass is 16.5. The molecule has 1 heterocycles. The van der Waals surface area contributed by atoms with E-state index in [1.807, 2.05) is 0 Å². The predicted octanol–water partition coefficient (Wildman–Crippen LogP) is -0.142. The van der Waals surface area contributed by atoms with E-state index in [0.717, 1.165) is 0 Å². The summed E-state index contributed by atoms with van der Waals surface area (Å²) >= 11 is 0. The normalized spacial score (nSPS) is 31.7. The molecule has 0 radical (unpaired) electrons. The summed E-state index contributed by atoms with van der Waals surface area (Å²) in [5, 5.41) is 17.7. The van der Waals surface area contributed by atoms with E-state index in [2.05, 4.69) is 0 Å². The molecule has 0 aliphatic carbocycles. The lowest BCUT2D eigenvalue weighted by Gasteiger charge is -2.26. The van der Waals surface area contributed by atoms with E-state index in [-0.39, 0.29) is 18.9 Å². The van der Waals surface area contributed by atoms with Gasteiger partial charge in [0.1, 0.15) is 0 Å². The smallest absolute Gasteiger partial charge is 0.303 e. The first-order valence-corrected chi connectivity index (χ1v) is 3.67. The standard InChI is InChI=1S/C7H12O4/c8-6-4-11-2-1-5(6)3-7(9)10/h5-6,8H,1-4H2,(H,9,10)/t5-,6+/m1/s1. The minimum absolute atomic E-state index is 0.0462. The summed E-state index contributed by atoms with van der Waals surface area (Å²) in [5.41, 5.74) is 0. The summed E-state index contributed by atoms with van der Waals surface area (Å²) in [5.74, 6) is -0.975. The summed E-state index contributed by atoms with van der Waals surface area (Å²) < 4.78 is 4.95. The molecule has 11 heavy (non-hydrogen) atoms.